The van der Waals surface area contributed by atoms with Crippen molar-refractivity contribution in [2.24, 2.45) is 16.8 Å². The van der Waals surface area contributed by atoms with Crippen LogP contribution in [-0.4, -0.2) is 19.3 Å². The summed E-state index contributed by atoms with van der Waals surface area (Å²) in [6, 6.07) is 4.76. The second-order valence-corrected chi connectivity index (χ2v) is 7.75. The largest absolute Gasteiger partial charge is 0.371 e. The summed E-state index contributed by atoms with van der Waals surface area (Å²) in [6.45, 7) is 9.05. The van der Waals surface area contributed by atoms with Crippen LogP contribution in [0.25, 0.3) is 0 Å². The highest BCUT2D eigenvalue weighted by molar-refractivity contribution is 5.76. The van der Waals surface area contributed by atoms with Gasteiger partial charge in [-0.2, -0.15) is 0 Å². The van der Waals surface area contributed by atoms with E-state index in [1.165, 1.54) is 68.4 Å². The molecule has 0 N–H and O–H groups in total. The maximum atomic E-state index is 4.74. The lowest BCUT2D eigenvalue weighted by Crippen LogP contribution is -2.29. The Morgan fingerprint density at radius 1 is 1.17 bits per heavy atom. The Hall–Kier alpha value is -1.57. The third kappa shape index (κ3) is 4.09. The number of aliphatic imine (C=N–C) groups is 1. The molecule has 2 heteroatoms. The molecule has 0 spiro atoms. The number of nitrogens with zero attached hydrogens (tertiary/aromatic N) is 2. The molecule has 2 aliphatic rings. The zero-order valence-corrected chi connectivity index (χ0v) is 15.6. The Labute approximate surface area is 147 Å². The minimum absolute atomic E-state index is 0.877. The van der Waals surface area contributed by atoms with Gasteiger partial charge in [-0.25, -0.2) is 0 Å². The molecule has 1 aliphatic heterocycles. The summed E-state index contributed by atoms with van der Waals surface area (Å²) in [5, 5.41) is 0. The van der Waals surface area contributed by atoms with Crippen molar-refractivity contribution in [3.63, 3.8) is 0 Å². The van der Waals surface area contributed by atoms with E-state index in [4.69, 9.17) is 4.99 Å². The van der Waals surface area contributed by atoms with Crippen molar-refractivity contribution in [2.75, 3.05) is 18.0 Å². The summed E-state index contributed by atoms with van der Waals surface area (Å²) in [5.41, 5.74) is 5.42. The number of benzene rings is 1. The van der Waals surface area contributed by atoms with Gasteiger partial charge in [-0.15, -0.1) is 0 Å². The Bertz CT molecular complexity index is 603. The first-order valence-electron chi connectivity index (χ1n) is 9.71. The summed E-state index contributed by atoms with van der Waals surface area (Å²) in [6.07, 6.45) is 14.0. The van der Waals surface area contributed by atoms with E-state index in [0.717, 1.165) is 17.5 Å². The van der Waals surface area contributed by atoms with Gasteiger partial charge in [0.25, 0.3) is 0 Å². The smallest absolute Gasteiger partial charge is 0.0682 e. The standard InChI is InChI=1S/C22H32N2/c1-4-5-9-23-22-16-21(24-10-7-6-8-11-24)15-20(18(22)3)14-19-12-17(2)13-19/h4-5,9,15-17,19H,6-8,10-14H2,1-3H3/b5-4+,23-9?. The van der Waals surface area contributed by atoms with Gasteiger partial charge in [0, 0.05) is 25.0 Å². The molecule has 24 heavy (non-hydrogen) atoms. The molecule has 1 saturated carbocycles. The number of rotatable bonds is 5. The van der Waals surface area contributed by atoms with Crippen LogP contribution in [0, 0.1) is 18.8 Å². The molecule has 1 aromatic rings. The van der Waals surface area contributed by atoms with Crippen molar-refractivity contribution in [1.29, 1.82) is 0 Å². The Morgan fingerprint density at radius 2 is 1.92 bits per heavy atom. The van der Waals surface area contributed by atoms with Gasteiger partial charge in [-0.1, -0.05) is 13.0 Å². The van der Waals surface area contributed by atoms with Gasteiger partial charge in [0.15, 0.2) is 0 Å². The van der Waals surface area contributed by atoms with Crippen molar-refractivity contribution >= 4 is 17.6 Å². The maximum absolute atomic E-state index is 4.74. The number of hydrogen-bond donors (Lipinski definition) is 0. The maximum Gasteiger partial charge on any atom is 0.0682 e. The fourth-order valence-corrected chi connectivity index (χ4v) is 4.18. The summed E-state index contributed by atoms with van der Waals surface area (Å²) in [4.78, 5) is 7.30. The van der Waals surface area contributed by atoms with Crippen LogP contribution in [0.2, 0.25) is 0 Å². The second-order valence-electron chi connectivity index (χ2n) is 7.75. The predicted octanol–water partition coefficient (Wildman–Crippen LogP) is 5.85. The highest BCUT2D eigenvalue weighted by atomic mass is 15.1. The Morgan fingerprint density at radius 3 is 2.58 bits per heavy atom. The minimum atomic E-state index is 0.877. The van der Waals surface area contributed by atoms with Gasteiger partial charge in [0.2, 0.25) is 0 Å². The molecular formula is C22H32N2. The van der Waals surface area contributed by atoms with Gasteiger partial charge in [-0.05, 0) is 93.5 Å². The fourth-order valence-electron chi connectivity index (χ4n) is 4.18. The van der Waals surface area contributed by atoms with E-state index >= 15 is 0 Å². The Kier molecular flexibility index (Phi) is 5.76. The molecule has 3 rings (SSSR count). The van der Waals surface area contributed by atoms with Crippen LogP contribution in [0.4, 0.5) is 11.4 Å². The molecule has 0 unspecified atom stereocenters. The van der Waals surface area contributed by atoms with Gasteiger partial charge >= 0.3 is 0 Å². The van der Waals surface area contributed by atoms with Gasteiger partial charge in [-0.3, -0.25) is 4.99 Å². The van der Waals surface area contributed by atoms with Crippen molar-refractivity contribution in [3.05, 3.63) is 35.4 Å². The van der Waals surface area contributed by atoms with Gasteiger partial charge in [0.05, 0.1) is 5.69 Å². The zero-order valence-electron chi connectivity index (χ0n) is 15.6. The van der Waals surface area contributed by atoms with Crippen LogP contribution in [0.1, 0.15) is 57.1 Å². The van der Waals surface area contributed by atoms with Crippen LogP contribution in [0.3, 0.4) is 0 Å². The minimum Gasteiger partial charge on any atom is -0.371 e. The highest BCUT2D eigenvalue weighted by Crippen LogP contribution is 2.38. The first kappa shape index (κ1) is 17.3. The number of allylic oxidation sites excluding steroid dienone is 2. The molecule has 2 fully saturated rings. The van der Waals surface area contributed by atoms with E-state index in [1.54, 1.807) is 0 Å². The lowest BCUT2D eigenvalue weighted by atomic mass is 9.73. The molecule has 2 nitrogen and oxygen atoms in total. The van der Waals surface area contributed by atoms with Crippen molar-refractivity contribution in [1.82, 2.24) is 0 Å². The summed E-state index contributed by atoms with van der Waals surface area (Å²) in [7, 11) is 0. The molecule has 0 amide bonds. The number of hydrogen-bond acceptors (Lipinski definition) is 2. The molecule has 1 aliphatic carbocycles. The van der Waals surface area contributed by atoms with E-state index in [0.29, 0.717) is 0 Å². The van der Waals surface area contributed by atoms with Crippen LogP contribution in [0.15, 0.2) is 29.3 Å². The predicted molar refractivity (Wildman–Crippen MR) is 106 cm³/mol. The van der Waals surface area contributed by atoms with Crippen molar-refractivity contribution in [3.8, 4) is 0 Å². The SMILES string of the molecule is C/C=C/C=Nc1cc(N2CCCCC2)cc(CC2CC(C)C2)c1C. The van der Waals surface area contributed by atoms with Crippen LogP contribution in [-0.2, 0) is 6.42 Å². The van der Waals surface area contributed by atoms with Crippen LogP contribution in [0.5, 0.6) is 0 Å². The average molecular weight is 325 g/mol. The average Bonchev–Trinajstić information content (AvgIpc) is 2.57. The van der Waals surface area contributed by atoms with Crippen LogP contribution >= 0.6 is 0 Å². The van der Waals surface area contributed by atoms with Crippen molar-refractivity contribution < 1.29 is 0 Å². The summed E-state index contributed by atoms with van der Waals surface area (Å²) >= 11 is 0. The Balaban J connectivity index is 1.88. The molecule has 0 aromatic heterocycles. The van der Waals surface area contributed by atoms with Gasteiger partial charge < -0.3 is 4.90 Å². The topological polar surface area (TPSA) is 15.6 Å². The highest BCUT2D eigenvalue weighted by Gasteiger charge is 2.26. The van der Waals surface area contributed by atoms with E-state index < -0.39 is 0 Å². The molecule has 1 saturated heterocycles. The van der Waals surface area contributed by atoms with E-state index in [-0.39, 0.29) is 0 Å². The normalized spacial score (nSPS) is 24.7. The molecular weight excluding hydrogens is 292 g/mol. The number of anilines is 1. The lowest BCUT2D eigenvalue weighted by Gasteiger charge is -2.34. The second kappa shape index (κ2) is 8.00. The van der Waals surface area contributed by atoms with E-state index in [1.807, 2.05) is 25.3 Å². The first-order valence-corrected chi connectivity index (χ1v) is 9.71. The van der Waals surface area contributed by atoms with Crippen LogP contribution < -0.4 is 4.90 Å². The zero-order chi connectivity index (χ0) is 16.9. The summed E-state index contributed by atoms with van der Waals surface area (Å²) < 4.78 is 0. The molecule has 0 atom stereocenters. The molecule has 0 bridgehead atoms. The third-order valence-corrected chi connectivity index (χ3v) is 5.67. The third-order valence-electron chi connectivity index (χ3n) is 5.67. The van der Waals surface area contributed by atoms with Crippen molar-refractivity contribution in [2.45, 2.75) is 59.3 Å². The van der Waals surface area contributed by atoms with E-state index in [2.05, 4.69) is 30.9 Å². The molecule has 130 valence electrons. The lowest BCUT2D eigenvalue weighted by molar-refractivity contribution is 0.211. The molecule has 1 aromatic carbocycles. The molecule has 1 heterocycles. The summed E-state index contributed by atoms with van der Waals surface area (Å²) in [5.74, 6) is 1.80. The monoisotopic (exact) mass is 324 g/mol. The number of piperidine rings is 1. The molecule has 0 radical (unpaired) electrons. The fraction of sp³-hybridized carbons (Fsp3) is 0.591. The van der Waals surface area contributed by atoms with E-state index in [9.17, 15) is 0 Å². The quantitative estimate of drug-likeness (QED) is 0.620. The van der Waals surface area contributed by atoms with Gasteiger partial charge in [0.1, 0.15) is 0 Å². The first-order chi connectivity index (χ1) is 11.7.